The molecule has 0 spiro atoms. The fraction of sp³-hybridized carbons (Fsp3) is 0.750. The van der Waals surface area contributed by atoms with Crippen LogP contribution in [0.1, 0.15) is 18.7 Å². The van der Waals surface area contributed by atoms with Gasteiger partial charge in [0.15, 0.2) is 5.13 Å². The van der Waals surface area contributed by atoms with Gasteiger partial charge in [0.2, 0.25) is 0 Å². The summed E-state index contributed by atoms with van der Waals surface area (Å²) in [4.78, 5) is 10.4. The highest BCUT2D eigenvalue weighted by Crippen LogP contribution is 2.23. The van der Waals surface area contributed by atoms with Crippen LogP contribution in [0.15, 0.2) is 6.20 Å². The molecule has 2 unspecified atom stereocenters. The van der Waals surface area contributed by atoms with E-state index in [0.29, 0.717) is 12.1 Å². The van der Waals surface area contributed by atoms with E-state index in [2.05, 4.69) is 33.9 Å². The molecular formula is C12H23ClN4S. The maximum atomic E-state index is 4.43. The van der Waals surface area contributed by atoms with Gasteiger partial charge in [0.1, 0.15) is 0 Å². The quantitative estimate of drug-likeness (QED) is 0.920. The molecule has 1 aromatic heterocycles. The summed E-state index contributed by atoms with van der Waals surface area (Å²) in [6, 6.07) is 1.20. The summed E-state index contributed by atoms with van der Waals surface area (Å²) in [7, 11) is 4.08. The fourth-order valence-corrected chi connectivity index (χ4v) is 2.95. The minimum atomic E-state index is 0. The number of thiazole rings is 1. The number of anilines is 1. The molecule has 0 radical (unpaired) electrons. The summed E-state index contributed by atoms with van der Waals surface area (Å²) in [6.07, 6.45) is 2.01. The number of hydrogen-bond donors (Lipinski definition) is 1. The zero-order chi connectivity index (χ0) is 12.4. The van der Waals surface area contributed by atoms with E-state index in [0.717, 1.165) is 24.8 Å². The normalized spacial score (nSPS) is 24.7. The summed E-state index contributed by atoms with van der Waals surface area (Å²) in [6.45, 7) is 7.76. The molecule has 2 heterocycles. The van der Waals surface area contributed by atoms with Gasteiger partial charge in [-0.2, -0.15) is 0 Å². The van der Waals surface area contributed by atoms with Gasteiger partial charge in [-0.05, 0) is 13.8 Å². The first-order valence-corrected chi connectivity index (χ1v) is 6.97. The van der Waals surface area contributed by atoms with Crippen LogP contribution in [0.3, 0.4) is 0 Å². The van der Waals surface area contributed by atoms with Gasteiger partial charge in [0, 0.05) is 56.9 Å². The Morgan fingerprint density at radius 2 is 2.22 bits per heavy atom. The lowest BCUT2D eigenvalue weighted by atomic mass is 10.1. The van der Waals surface area contributed by atoms with E-state index in [1.54, 1.807) is 11.3 Å². The Bertz CT molecular complexity index is 369. The molecule has 1 aliphatic heterocycles. The van der Waals surface area contributed by atoms with Crippen LogP contribution >= 0.6 is 23.7 Å². The van der Waals surface area contributed by atoms with Crippen molar-refractivity contribution >= 4 is 28.9 Å². The van der Waals surface area contributed by atoms with Crippen molar-refractivity contribution in [1.29, 1.82) is 0 Å². The lowest BCUT2D eigenvalue weighted by Gasteiger charge is -2.37. The van der Waals surface area contributed by atoms with Gasteiger partial charge in [-0.3, -0.25) is 4.90 Å². The molecule has 0 aromatic carbocycles. The maximum absolute atomic E-state index is 4.43. The zero-order valence-electron chi connectivity index (χ0n) is 11.5. The molecule has 18 heavy (non-hydrogen) atoms. The minimum Gasteiger partial charge on any atom is -0.354 e. The third kappa shape index (κ3) is 3.82. The number of nitrogens with zero attached hydrogens (tertiary/aromatic N) is 3. The second-order valence-electron chi connectivity index (χ2n) is 5.09. The van der Waals surface area contributed by atoms with Crippen LogP contribution in [0.5, 0.6) is 0 Å². The molecule has 6 heteroatoms. The van der Waals surface area contributed by atoms with Crippen LogP contribution in [0.25, 0.3) is 0 Å². The Labute approximate surface area is 120 Å². The molecule has 1 aromatic rings. The lowest BCUT2D eigenvalue weighted by molar-refractivity contribution is 0.140. The zero-order valence-corrected chi connectivity index (χ0v) is 13.1. The maximum Gasteiger partial charge on any atom is 0.185 e. The number of hydrogen-bond acceptors (Lipinski definition) is 5. The van der Waals surface area contributed by atoms with Crippen molar-refractivity contribution in [2.45, 2.75) is 32.5 Å². The topological polar surface area (TPSA) is 31.4 Å². The molecule has 1 fully saturated rings. The molecular weight excluding hydrogens is 268 g/mol. The largest absolute Gasteiger partial charge is 0.354 e. The van der Waals surface area contributed by atoms with Gasteiger partial charge >= 0.3 is 0 Å². The predicted molar refractivity (Wildman–Crippen MR) is 81.0 cm³/mol. The first-order valence-electron chi connectivity index (χ1n) is 6.15. The lowest BCUT2D eigenvalue weighted by Crippen LogP contribution is -2.53. The Kier molecular flexibility index (Phi) is 5.85. The second-order valence-corrected chi connectivity index (χ2v) is 6.18. The van der Waals surface area contributed by atoms with E-state index in [9.17, 15) is 0 Å². The summed E-state index contributed by atoms with van der Waals surface area (Å²) in [5.74, 6) is 0. The number of halogens is 1. The van der Waals surface area contributed by atoms with E-state index in [1.807, 2.05) is 20.3 Å². The van der Waals surface area contributed by atoms with Crippen LogP contribution in [0.4, 0.5) is 5.13 Å². The third-order valence-corrected chi connectivity index (χ3v) is 4.33. The molecule has 104 valence electrons. The minimum absolute atomic E-state index is 0. The van der Waals surface area contributed by atoms with Crippen molar-refractivity contribution in [1.82, 2.24) is 15.2 Å². The van der Waals surface area contributed by atoms with Gasteiger partial charge in [-0.25, -0.2) is 4.98 Å². The van der Waals surface area contributed by atoms with Crippen molar-refractivity contribution < 1.29 is 0 Å². The molecule has 0 amide bonds. The second kappa shape index (κ2) is 6.70. The van der Waals surface area contributed by atoms with Crippen molar-refractivity contribution in [3.05, 3.63) is 11.1 Å². The molecule has 2 rings (SSSR count). The summed E-state index contributed by atoms with van der Waals surface area (Å²) in [5.41, 5.74) is 0. The summed E-state index contributed by atoms with van der Waals surface area (Å²) >= 11 is 1.79. The van der Waals surface area contributed by atoms with Crippen molar-refractivity contribution in [2.75, 3.05) is 32.1 Å². The van der Waals surface area contributed by atoms with Crippen LogP contribution in [0, 0.1) is 0 Å². The summed E-state index contributed by atoms with van der Waals surface area (Å²) in [5, 5.41) is 4.60. The molecule has 0 bridgehead atoms. The standard InChI is InChI=1S/C12H22N4S.ClH/c1-9-7-16(10(2)5-13-9)8-11-6-14-12(17-11)15(3)4;/h6,9-10,13H,5,7-8H2,1-4H3;1H. The predicted octanol–water partition coefficient (Wildman–Crippen LogP) is 1.81. The van der Waals surface area contributed by atoms with Crippen molar-refractivity contribution in [2.24, 2.45) is 0 Å². The van der Waals surface area contributed by atoms with Crippen LogP contribution in [-0.4, -0.2) is 49.2 Å². The Hall–Kier alpha value is -0.360. The molecule has 2 atom stereocenters. The number of aromatic nitrogens is 1. The first-order chi connectivity index (χ1) is 8.06. The Balaban J connectivity index is 0.00000162. The average molecular weight is 291 g/mol. The van der Waals surface area contributed by atoms with Gasteiger partial charge in [0.25, 0.3) is 0 Å². The fourth-order valence-electron chi connectivity index (χ4n) is 2.09. The smallest absolute Gasteiger partial charge is 0.185 e. The van der Waals surface area contributed by atoms with Crippen LogP contribution < -0.4 is 10.2 Å². The highest BCUT2D eigenvalue weighted by Gasteiger charge is 2.22. The molecule has 1 N–H and O–H groups in total. The molecule has 0 saturated carbocycles. The Morgan fingerprint density at radius 3 is 2.83 bits per heavy atom. The van der Waals surface area contributed by atoms with E-state index in [1.165, 1.54) is 4.88 Å². The van der Waals surface area contributed by atoms with Gasteiger partial charge < -0.3 is 10.2 Å². The van der Waals surface area contributed by atoms with Gasteiger partial charge in [-0.1, -0.05) is 0 Å². The van der Waals surface area contributed by atoms with Crippen LogP contribution in [-0.2, 0) is 6.54 Å². The van der Waals surface area contributed by atoms with E-state index >= 15 is 0 Å². The van der Waals surface area contributed by atoms with Crippen LogP contribution in [0.2, 0.25) is 0 Å². The highest BCUT2D eigenvalue weighted by atomic mass is 35.5. The third-order valence-electron chi connectivity index (χ3n) is 3.18. The Morgan fingerprint density at radius 1 is 1.50 bits per heavy atom. The average Bonchev–Trinajstić information content (AvgIpc) is 2.72. The van der Waals surface area contributed by atoms with Crippen molar-refractivity contribution in [3.63, 3.8) is 0 Å². The summed E-state index contributed by atoms with van der Waals surface area (Å²) < 4.78 is 0. The molecule has 1 aliphatic rings. The molecule has 0 aliphatic carbocycles. The molecule has 1 saturated heterocycles. The highest BCUT2D eigenvalue weighted by molar-refractivity contribution is 7.15. The van der Waals surface area contributed by atoms with Crippen molar-refractivity contribution in [3.8, 4) is 0 Å². The van der Waals surface area contributed by atoms with E-state index < -0.39 is 0 Å². The first kappa shape index (κ1) is 15.7. The number of nitrogens with one attached hydrogen (secondary N) is 1. The monoisotopic (exact) mass is 290 g/mol. The molecule has 4 nitrogen and oxygen atoms in total. The van der Waals surface area contributed by atoms with E-state index in [-0.39, 0.29) is 12.4 Å². The number of piperazine rings is 1. The number of rotatable bonds is 3. The van der Waals surface area contributed by atoms with Gasteiger partial charge in [-0.15, -0.1) is 23.7 Å². The van der Waals surface area contributed by atoms with E-state index in [4.69, 9.17) is 0 Å². The van der Waals surface area contributed by atoms with Gasteiger partial charge in [0.05, 0.1) is 0 Å². The SMILES string of the molecule is CC1CN(Cc2cnc(N(C)C)s2)C(C)CN1.Cl.